The van der Waals surface area contributed by atoms with Crippen LogP contribution in [0.5, 0.6) is 11.5 Å². The highest BCUT2D eigenvalue weighted by Crippen LogP contribution is 2.22. The van der Waals surface area contributed by atoms with E-state index in [4.69, 9.17) is 0 Å². The standard InChI is InChI=1S/C12H8F2O4S/c13-10-7-4-8-11(12(10)14)18-19(15,16)17-9-5-2-1-3-6-9/h1-8H. The van der Waals surface area contributed by atoms with Gasteiger partial charge in [0.05, 0.1) is 0 Å². The van der Waals surface area contributed by atoms with E-state index in [1.54, 1.807) is 18.2 Å². The lowest BCUT2D eigenvalue weighted by atomic mass is 10.3. The summed E-state index contributed by atoms with van der Waals surface area (Å²) < 4.78 is 58.1. The van der Waals surface area contributed by atoms with Crippen LogP contribution >= 0.6 is 0 Å². The number of hydrogen-bond donors (Lipinski definition) is 0. The van der Waals surface area contributed by atoms with Crippen LogP contribution in [-0.2, 0) is 10.4 Å². The van der Waals surface area contributed by atoms with E-state index in [1.165, 1.54) is 12.1 Å². The van der Waals surface area contributed by atoms with Gasteiger partial charge in [-0.15, -0.1) is 8.42 Å². The first-order valence-electron chi connectivity index (χ1n) is 5.11. The van der Waals surface area contributed by atoms with E-state index >= 15 is 0 Å². The maximum absolute atomic E-state index is 13.3. The molecule has 0 aliphatic heterocycles. The summed E-state index contributed by atoms with van der Waals surface area (Å²) in [6, 6.07) is 10.4. The van der Waals surface area contributed by atoms with Crippen molar-refractivity contribution >= 4 is 10.4 Å². The van der Waals surface area contributed by atoms with Gasteiger partial charge in [-0.25, -0.2) is 4.39 Å². The molecule has 0 aliphatic rings. The largest absolute Gasteiger partial charge is 0.501 e. The summed E-state index contributed by atoms with van der Waals surface area (Å²) >= 11 is 0. The molecule has 4 nitrogen and oxygen atoms in total. The minimum Gasteiger partial charge on any atom is -0.353 e. The molecule has 0 atom stereocenters. The molecule has 7 heteroatoms. The lowest BCUT2D eigenvalue weighted by molar-refractivity contribution is 0.376. The summed E-state index contributed by atoms with van der Waals surface area (Å²) in [5.41, 5.74) is 0. The van der Waals surface area contributed by atoms with Gasteiger partial charge < -0.3 is 8.37 Å². The van der Waals surface area contributed by atoms with E-state index < -0.39 is 27.8 Å². The van der Waals surface area contributed by atoms with Gasteiger partial charge in [0.25, 0.3) is 0 Å². The van der Waals surface area contributed by atoms with Gasteiger partial charge in [0.2, 0.25) is 5.82 Å². The Morgan fingerprint density at radius 2 is 1.53 bits per heavy atom. The summed E-state index contributed by atoms with van der Waals surface area (Å²) in [6.07, 6.45) is 0. The van der Waals surface area contributed by atoms with Crippen molar-refractivity contribution in [1.82, 2.24) is 0 Å². The molecule has 0 radical (unpaired) electrons. The van der Waals surface area contributed by atoms with Crippen molar-refractivity contribution in [3.8, 4) is 11.5 Å². The lowest BCUT2D eigenvalue weighted by Crippen LogP contribution is -2.17. The van der Waals surface area contributed by atoms with Crippen LogP contribution in [0.3, 0.4) is 0 Å². The fraction of sp³-hybridized carbons (Fsp3) is 0. The Labute approximate surface area is 108 Å². The van der Waals surface area contributed by atoms with Crippen LogP contribution in [0, 0.1) is 11.6 Å². The molecule has 0 saturated carbocycles. The van der Waals surface area contributed by atoms with Crippen molar-refractivity contribution in [2.45, 2.75) is 0 Å². The highest BCUT2D eigenvalue weighted by atomic mass is 32.3. The molecule has 0 saturated heterocycles. The SMILES string of the molecule is O=S(=O)(Oc1ccccc1)Oc1cccc(F)c1F. The zero-order valence-electron chi connectivity index (χ0n) is 9.42. The molecule has 0 spiro atoms. The Balaban J connectivity index is 2.20. The molecule has 19 heavy (non-hydrogen) atoms. The zero-order chi connectivity index (χ0) is 13.9. The van der Waals surface area contributed by atoms with Crippen LogP contribution < -0.4 is 8.37 Å². The molecule has 100 valence electrons. The topological polar surface area (TPSA) is 52.6 Å². The Bertz CT molecular complexity index is 671. The van der Waals surface area contributed by atoms with Gasteiger partial charge in [-0.3, -0.25) is 0 Å². The van der Waals surface area contributed by atoms with Gasteiger partial charge >= 0.3 is 10.4 Å². The van der Waals surface area contributed by atoms with Crippen molar-refractivity contribution in [3.05, 3.63) is 60.2 Å². The van der Waals surface area contributed by atoms with Gasteiger partial charge in [-0.2, -0.15) is 4.39 Å². The third-order valence-electron chi connectivity index (χ3n) is 2.05. The minimum absolute atomic E-state index is 0.000638. The van der Waals surface area contributed by atoms with Crippen molar-refractivity contribution in [1.29, 1.82) is 0 Å². The molecule has 2 aromatic rings. The first-order valence-corrected chi connectivity index (χ1v) is 6.44. The second kappa shape index (κ2) is 5.23. The number of para-hydroxylation sites is 1. The van der Waals surface area contributed by atoms with Crippen molar-refractivity contribution in [3.63, 3.8) is 0 Å². The monoisotopic (exact) mass is 286 g/mol. The third kappa shape index (κ3) is 3.41. The number of benzene rings is 2. The van der Waals surface area contributed by atoms with Gasteiger partial charge in [-0.05, 0) is 24.3 Å². The lowest BCUT2D eigenvalue weighted by Gasteiger charge is -2.08. The molecule has 0 fully saturated rings. The molecule has 0 aliphatic carbocycles. The smallest absolute Gasteiger partial charge is 0.353 e. The van der Waals surface area contributed by atoms with Crippen LogP contribution in [0.4, 0.5) is 8.78 Å². The predicted molar refractivity (Wildman–Crippen MR) is 63.0 cm³/mol. The molecule has 0 aromatic heterocycles. The first-order chi connectivity index (χ1) is 8.98. The molecular weight excluding hydrogens is 278 g/mol. The Morgan fingerprint density at radius 3 is 2.21 bits per heavy atom. The van der Waals surface area contributed by atoms with Crippen LogP contribution in [0.25, 0.3) is 0 Å². The molecule has 0 N–H and O–H groups in total. The van der Waals surface area contributed by atoms with Gasteiger partial charge in [0, 0.05) is 0 Å². The molecule has 0 bridgehead atoms. The Kier molecular flexibility index (Phi) is 3.66. The molecule has 0 heterocycles. The molecule has 2 rings (SSSR count). The summed E-state index contributed by atoms with van der Waals surface area (Å²) in [7, 11) is -4.53. The van der Waals surface area contributed by atoms with Crippen molar-refractivity contribution < 1.29 is 25.6 Å². The molecular formula is C12H8F2O4S. The summed E-state index contributed by atoms with van der Waals surface area (Å²) in [5.74, 6) is -3.38. The van der Waals surface area contributed by atoms with E-state index in [2.05, 4.69) is 8.37 Å². The van der Waals surface area contributed by atoms with Crippen LogP contribution in [0.15, 0.2) is 48.5 Å². The highest BCUT2D eigenvalue weighted by molar-refractivity contribution is 7.82. The fourth-order valence-corrected chi connectivity index (χ4v) is 2.00. The second-order valence-electron chi connectivity index (χ2n) is 3.44. The predicted octanol–water partition coefficient (Wildman–Crippen LogP) is 2.67. The number of halogens is 2. The summed E-state index contributed by atoms with van der Waals surface area (Å²) in [6.45, 7) is 0. The van der Waals surface area contributed by atoms with Crippen LogP contribution in [0.1, 0.15) is 0 Å². The average molecular weight is 286 g/mol. The average Bonchev–Trinajstić information content (AvgIpc) is 2.35. The third-order valence-corrected chi connectivity index (χ3v) is 2.83. The normalized spacial score (nSPS) is 11.1. The van der Waals surface area contributed by atoms with E-state index in [0.717, 1.165) is 18.2 Å². The quantitative estimate of drug-likeness (QED) is 0.867. The maximum Gasteiger partial charge on any atom is 0.501 e. The molecule has 2 aromatic carbocycles. The second-order valence-corrected chi connectivity index (χ2v) is 4.59. The molecule has 0 unspecified atom stereocenters. The van der Waals surface area contributed by atoms with Gasteiger partial charge in [0.15, 0.2) is 11.6 Å². The Morgan fingerprint density at radius 1 is 0.842 bits per heavy atom. The van der Waals surface area contributed by atoms with Gasteiger partial charge in [0.1, 0.15) is 5.75 Å². The summed E-state index contributed by atoms with van der Waals surface area (Å²) in [5, 5.41) is 0. The van der Waals surface area contributed by atoms with Crippen LogP contribution in [0.2, 0.25) is 0 Å². The van der Waals surface area contributed by atoms with Crippen molar-refractivity contribution in [2.75, 3.05) is 0 Å². The number of hydrogen-bond acceptors (Lipinski definition) is 4. The molecule has 0 amide bonds. The Hall–Kier alpha value is -2.15. The first kappa shape index (κ1) is 13.3. The van der Waals surface area contributed by atoms with E-state index in [0.29, 0.717) is 0 Å². The number of rotatable bonds is 4. The van der Waals surface area contributed by atoms with E-state index in [-0.39, 0.29) is 5.75 Å². The highest BCUT2D eigenvalue weighted by Gasteiger charge is 2.19. The summed E-state index contributed by atoms with van der Waals surface area (Å²) in [4.78, 5) is 0. The van der Waals surface area contributed by atoms with Gasteiger partial charge in [-0.1, -0.05) is 24.3 Å². The van der Waals surface area contributed by atoms with E-state index in [1.807, 2.05) is 0 Å². The van der Waals surface area contributed by atoms with Crippen LogP contribution in [-0.4, -0.2) is 8.42 Å². The van der Waals surface area contributed by atoms with Crippen molar-refractivity contribution in [2.24, 2.45) is 0 Å². The maximum atomic E-state index is 13.3. The minimum atomic E-state index is -4.53. The van der Waals surface area contributed by atoms with E-state index in [9.17, 15) is 17.2 Å². The zero-order valence-corrected chi connectivity index (χ0v) is 10.2. The fourth-order valence-electron chi connectivity index (χ4n) is 1.27.